The van der Waals surface area contributed by atoms with Gasteiger partial charge in [-0.3, -0.25) is 9.78 Å². The number of amides is 1. The highest BCUT2D eigenvalue weighted by molar-refractivity contribution is 7.80. The molecule has 0 bridgehead atoms. The summed E-state index contributed by atoms with van der Waals surface area (Å²) in [5.74, 6) is 0.632. The Morgan fingerprint density at radius 1 is 1.08 bits per heavy atom. The Morgan fingerprint density at radius 3 is 2.56 bits per heavy atom. The molecule has 5 rings (SSSR count). The van der Waals surface area contributed by atoms with Crippen LogP contribution in [0.3, 0.4) is 0 Å². The second kappa shape index (κ2) is 11.7. The predicted molar refractivity (Wildman–Crippen MR) is 157 cm³/mol. The number of aryl methyl sites for hydroxylation is 1. The summed E-state index contributed by atoms with van der Waals surface area (Å²) in [4.78, 5) is 18.9. The van der Waals surface area contributed by atoms with E-state index in [0.717, 1.165) is 39.8 Å². The number of nitrogens with one attached hydrogen (secondary N) is 2. The largest absolute Gasteiger partial charge is 0.494 e. The number of anilines is 2. The van der Waals surface area contributed by atoms with Crippen molar-refractivity contribution in [3.05, 3.63) is 102 Å². The van der Waals surface area contributed by atoms with Crippen LogP contribution in [0.25, 0.3) is 5.69 Å². The van der Waals surface area contributed by atoms with Crippen molar-refractivity contribution in [3.8, 4) is 11.4 Å². The average molecular weight is 542 g/mol. The van der Waals surface area contributed by atoms with Crippen LogP contribution in [0.2, 0.25) is 0 Å². The molecule has 1 amide bonds. The van der Waals surface area contributed by atoms with Crippen LogP contribution in [0.1, 0.15) is 36.0 Å². The van der Waals surface area contributed by atoms with Crippen LogP contribution in [-0.4, -0.2) is 40.9 Å². The number of hydrogen-bond acceptors (Lipinski definition) is 5. The molecule has 39 heavy (non-hydrogen) atoms. The zero-order valence-corrected chi connectivity index (χ0v) is 22.9. The summed E-state index contributed by atoms with van der Waals surface area (Å²) < 4.78 is 12.8. The Labute approximate surface area is 233 Å². The van der Waals surface area contributed by atoms with Gasteiger partial charge in [0.25, 0.3) is 0 Å². The molecule has 8 nitrogen and oxygen atoms in total. The molecule has 2 aromatic heterocycles. The third kappa shape index (κ3) is 5.50. The van der Waals surface area contributed by atoms with E-state index in [1.165, 1.54) is 7.11 Å². The summed E-state index contributed by atoms with van der Waals surface area (Å²) in [5, 5.41) is 7.02. The summed E-state index contributed by atoms with van der Waals surface area (Å²) in [5.41, 5.74) is 5.53. The van der Waals surface area contributed by atoms with Crippen molar-refractivity contribution in [2.24, 2.45) is 0 Å². The van der Waals surface area contributed by atoms with Gasteiger partial charge in [0.2, 0.25) is 5.91 Å². The van der Waals surface area contributed by atoms with Crippen LogP contribution in [-0.2, 0) is 9.53 Å². The maximum Gasteiger partial charge on any atom is 0.250 e. The van der Waals surface area contributed by atoms with E-state index in [0.29, 0.717) is 11.7 Å². The normalized spacial score (nSPS) is 16.7. The van der Waals surface area contributed by atoms with Gasteiger partial charge in [0.15, 0.2) is 5.11 Å². The van der Waals surface area contributed by atoms with E-state index in [4.69, 9.17) is 21.7 Å². The minimum Gasteiger partial charge on any atom is -0.494 e. The summed E-state index contributed by atoms with van der Waals surface area (Å²) in [6.45, 7) is 4.56. The van der Waals surface area contributed by atoms with E-state index in [1.807, 2.05) is 68.4 Å². The number of benzene rings is 2. The van der Waals surface area contributed by atoms with Crippen molar-refractivity contribution >= 4 is 34.6 Å². The molecule has 9 heteroatoms. The number of hydrogen-bond donors (Lipinski definition) is 2. The van der Waals surface area contributed by atoms with Crippen LogP contribution in [0, 0.1) is 6.92 Å². The quantitative estimate of drug-likeness (QED) is 0.277. The number of pyridine rings is 1. The molecule has 0 radical (unpaired) electrons. The molecule has 1 aliphatic heterocycles. The molecule has 0 unspecified atom stereocenters. The topological polar surface area (TPSA) is 80.7 Å². The Bertz CT molecular complexity index is 1460. The first-order chi connectivity index (χ1) is 19.0. The summed E-state index contributed by atoms with van der Waals surface area (Å²) in [6.07, 6.45) is 3.85. The fraction of sp³-hybridized carbons (Fsp3) is 0.233. The average Bonchev–Trinajstić information content (AvgIpc) is 3.55. The fourth-order valence-electron chi connectivity index (χ4n) is 4.93. The Morgan fingerprint density at radius 2 is 1.87 bits per heavy atom. The minimum absolute atomic E-state index is 0.00229. The summed E-state index contributed by atoms with van der Waals surface area (Å²) >= 11 is 5.91. The molecule has 1 fully saturated rings. The van der Waals surface area contributed by atoms with Gasteiger partial charge >= 0.3 is 0 Å². The van der Waals surface area contributed by atoms with Gasteiger partial charge in [0.1, 0.15) is 18.4 Å². The van der Waals surface area contributed by atoms with Crippen LogP contribution in [0.4, 0.5) is 11.4 Å². The number of aromatic nitrogens is 2. The van der Waals surface area contributed by atoms with Crippen LogP contribution in [0.15, 0.2) is 85.2 Å². The van der Waals surface area contributed by atoms with E-state index in [-0.39, 0.29) is 24.6 Å². The standard InChI is InChI=1S/C30H31N5O3S/c1-4-38-23-13-10-21(11-14-23)34-17-7-9-26(34)29-28(25-8-5-6-16-31-25)33-30(39)35(29)22-12-15-24(20(2)18-22)32-27(36)19-37-3/h5-18,28-29H,4,19H2,1-3H3,(H,32,36)(H,33,39)/t28-,29-/m0/s1. The van der Waals surface area contributed by atoms with Crippen LogP contribution in [0.5, 0.6) is 5.75 Å². The smallest absolute Gasteiger partial charge is 0.250 e. The first kappa shape index (κ1) is 26.4. The lowest BCUT2D eigenvalue weighted by atomic mass is 10.00. The Hall–Kier alpha value is -4.21. The third-order valence-corrected chi connectivity index (χ3v) is 6.96. The van der Waals surface area contributed by atoms with Crippen molar-refractivity contribution in [1.82, 2.24) is 14.9 Å². The molecule has 3 heterocycles. The lowest BCUT2D eigenvalue weighted by Gasteiger charge is -2.29. The van der Waals surface area contributed by atoms with Gasteiger partial charge in [-0.1, -0.05) is 6.07 Å². The molecular formula is C30H31N5O3S. The van der Waals surface area contributed by atoms with E-state index < -0.39 is 0 Å². The van der Waals surface area contributed by atoms with E-state index >= 15 is 0 Å². The number of nitrogens with zero attached hydrogens (tertiary/aromatic N) is 3. The van der Waals surface area contributed by atoms with Crippen LogP contribution < -0.4 is 20.3 Å². The molecule has 1 aliphatic rings. The number of thiocarbonyl (C=S) groups is 1. The van der Waals surface area contributed by atoms with Gasteiger partial charge in [-0.2, -0.15) is 0 Å². The molecule has 2 N–H and O–H groups in total. The molecule has 2 atom stereocenters. The van der Waals surface area contributed by atoms with Crippen LogP contribution >= 0.6 is 12.2 Å². The van der Waals surface area contributed by atoms with Gasteiger partial charge in [0, 0.05) is 42.3 Å². The minimum atomic E-state index is -0.201. The lowest BCUT2D eigenvalue weighted by Crippen LogP contribution is -2.30. The predicted octanol–water partition coefficient (Wildman–Crippen LogP) is 5.34. The number of ether oxygens (including phenoxy) is 2. The first-order valence-electron chi connectivity index (χ1n) is 12.8. The van der Waals surface area contributed by atoms with Gasteiger partial charge in [-0.05, 0) is 98.4 Å². The monoisotopic (exact) mass is 541 g/mol. The van der Waals surface area contributed by atoms with Crippen molar-refractivity contribution in [1.29, 1.82) is 0 Å². The van der Waals surface area contributed by atoms with Gasteiger partial charge < -0.3 is 29.6 Å². The summed E-state index contributed by atoms with van der Waals surface area (Å²) in [7, 11) is 1.50. The van der Waals surface area contributed by atoms with Gasteiger partial charge in [-0.15, -0.1) is 0 Å². The molecule has 2 aromatic carbocycles. The highest BCUT2D eigenvalue weighted by Crippen LogP contribution is 2.43. The number of carbonyl (C=O) groups excluding carboxylic acids is 1. The molecule has 4 aromatic rings. The summed E-state index contributed by atoms with van der Waals surface area (Å²) in [6, 6.07) is 23.7. The van der Waals surface area contributed by atoms with E-state index in [9.17, 15) is 4.79 Å². The third-order valence-electron chi connectivity index (χ3n) is 6.65. The van der Waals surface area contributed by atoms with Crippen molar-refractivity contribution < 1.29 is 14.3 Å². The second-order valence-corrected chi connectivity index (χ2v) is 9.59. The lowest BCUT2D eigenvalue weighted by molar-refractivity contribution is -0.119. The molecule has 1 saturated heterocycles. The number of methoxy groups -OCH3 is 1. The number of carbonyl (C=O) groups is 1. The Kier molecular flexibility index (Phi) is 7.90. The highest BCUT2D eigenvalue weighted by Gasteiger charge is 2.42. The molecule has 0 spiro atoms. The fourth-order valence-corrected chi connectivity index (χ4v) is 5.27. The molecular weight excluding hydrogens is 510 g/mol. The maximum atomic E-state index is 12.1. The number of rotatable bonds is 9. The molecule has 0 aliphatic carbocycles. The van der Waals surface area contributed by atoms with Gasteiger partial charge in [-0.25, -0.2) is 0 Å². The first-order valence-corrected chi connectivity index (χ1v) is 13.2. The SMILES string of the molecule is CCOc1ccc(-n2cccc2[C@H]2[C@H](c3ccccn3)NC(=S)N2c2ccc(NC(=O)COC)c(C)c2)cc1. The van der Waals surface area contributed by atoms with Crippen molar-refractivity contribution in [2.45, 2.75) is 25.9 Å². The van der Waals surface area contributed by atoms with Crippen molar-refractivity contribution in [2.75, 3.05) is 30.5 Å². The van der Waals surface area contributed by atoms with E-state index in [1.54, 1.807) is 6.20 Å². The van der Waals surface area contributed by atoms with Gasteiger partial charge in [0.05, 0.1) is 18.3 Å². The molecule has 200 valence electrons. The zero-order valence-electron chi connectivity index (χ0n) is 22.1. The highest BCUT2D eigenvalue weighted by atomic mass is 32.1. The molecule has 0 saturated carbocycles. The maximum absolute atomic E-state index is 12.1. The van der Waals surface area contributed by atoms with E-state index in [2.05, 4.69) is 49.5 Å². The zero-order chi connectivity index (χ0) is 27.4. The second-order valence-electron chi connectivity index (χ2n) is 9.21. The Balaban J connectivity index is 1.56. The van der Waals surface area contributed by atoms with Crippen molar-refractivity contribution in [3.63, 3.8) is 0 Å².